The molecule has 0 amide bonds. The minimum atomic E-state index is -0.927. The van der Waals surface area contributed by atoms with Crippen LogP contribution in [0.25, 0.3) is 6.08 Å². The van der Waals surface area contributed by atoms with Gasteiger partial charge in [-0.05, 0) is 17.2 Å². The third-order valence-electron chi connectivity index (χ3n) is 2.10. The van der Waals surface area contributed by atoms with Crippen molar-refractivity contribution in [2.75, 3.05) is 19.5 Å². The zero-order valence-electron chi connectivity index (χ0n) is 9.76. The molecule has 0 saturated heterocycles. The number of benzene rings is 1. The molecule has 0 spiro atoms. The van der Waals surface area contributed by atoms with Gasteiger partial charge in [-0.25, -0.2) is 4.79 Å². The van der Waals surface area contributed by atoms with Crippen molar-refractivity contribution in [1.29, 1.82) is 0 Å². The first-order valence-corrected chi connectivity index (χ1v) is 6.44. The first kappa shape index (κ1) is 13.8. The van der Waals surface area contributed by atoms with Gasteiger partial charge >= 0.3 is 5.97 Å². The van der Waals surface area contributed by atoms with E-state index in [-0.39, 0.29) is 0 Å². The van der Waals surface area contributed by atoms with E-state index in [0.29, 0.717) is 0 Å². The highest BCUT2D eigenvalue weighted by Crippen LogP contribution is 2.13. The largest absolute Gasteiger partial charge is 0.478 e. The number of thioether (sulfide) groups is 1. The number of methoxy groups -OCH3 is 1. The quantitative estimate of drug-likeness (QED) is 0.598. The fraction of sp³-hybridized carbons (Fsp3) is 0.308. The van der Waals surface area contributed by atoms with Gasteiger partial charge in [-0.15, -0.1) is 0 Å². The van der Waals surface area contributed by atoms with Crippen molar-refractivity contribution >= 4 is 23.8 Å². The van der Waals surface area contributed by atoms with Gasteiger partial charge < -0.3 is 9.84 Å². The number of carboxylic acid groups (broad SMARTS) is 1. The molecule has 0 aromatic heterocycles. The van der Waals surface area contributed by atoms with Crippen molar-refractivity contribution in [3.63, 3.8) is 0 Å². The number of carbonyl (C=O) groups is 1. The van der Waals surface area contributed by atoms with Crippen LogP contribution >= 0.6 is 11.8 Å². The fourth-order valence-corrected chi connectivity index (χ4v) is 2.08. The number of ether oxygens (including phenoxy) is 1. The predicted octanol–water partition coefficient (Wildman–Crippen LogP) is 2.66. The molecule has 0 unspecified atom stereocenters. The van der Waals surface area contributed by atoms with Gasteiger partial charge in [0.15, 0.2) is 0 Å². The Morgan fingerprint density at radius 2 is 2.12 bits per heavy atom. The highest BCUT2D eigenvalue weighted by atomic mass is 32.2. The lowest BCUT2D eigenvalue weighted by molar-refractivity contribution is -0.131. The summed E-state index contributed by atoms with van der Waals surface area (Å²) >= 11 is 1.82. The van der Waals surface area contributed by atoms with E-state index < -0.39 is 5.97 Å². The van der Waals surface area contributed by atoms with Gasteiger partial charge in [-0.2, -0.15) is 11.8 Å². The number of hydrogen-bond donors (Lipinski definition) is 1. The van der Waals surface area contributed by atoms with E-state index in [1.165, 1.54) is 5.56 Å². The van der Waals surface area contributed by atoms with Crippen molar-refractivity contribution in [3.05, 3.63) is 41.5 Å². The third-order valence-corrected chi connectivity index (χ3v) is 3.09. The van der Waals surface area contributed by atoms with Crippen LogP contribution < -0.4 is 0 Å². The molecule has 0 atom stereocenters. The Labute approximate surface area is 105 Å². The van der Waals surface area contributed by atoms with Crippen LogP contribution in [0.2, 0.25) is 0 Å². The molecule has 1 rings (SSSR count). The van der Waals surface area contributed by atoms with E-state index in [1.54, 1.807) is 13.2 Å². The summed E-state index contributed by atoms with van der Waals surface area (Å²) in [6, 6.07) is 7.87. The Kier molecular flexibility index (Phi) is 6.43. The molecule has 0 heterocycles. The summed E-state index contributed by atoms with van der Waals surface area (Å²) in [5.41, 5.74) is 2.14. The Balaban J connectivity index is 2.42. The Morgan fingerprint density at radius 3 is 2.71 bits per heavy atom. The van der Waals surface area contributed by atoms with Gasteiger partial charge in [0.2, 0.25) is 0 Å². The van der Waals surface area contributed by atoms with Crippen LogP contribution in [0, 0.1) is 0 Å². The second-order valence-electron chi connectivity index (χ2n) is 3.46. The maximum atomic E-state index is 10.3. The lowest BCUT2D eigenvalue weighted by Crippen LogP contribution is -1.92. The van der Waals surface area contributed by atoms with Crippen LogP contribution in [0.1, 0.15) is 11.1 Å². The lowest BCUT2D eigenvalue weighted by Gasteiger charge is -2.02. The molecule has 4 heteroatoms. The number of rotatable bonds is 7. The summed E-state index contributed by atoms with van der Waals surface area (Å²) in [5.74, 6) is 1.01. The highest BCUT2D eigenvalue weighted by Gasteiger charge is 1.94. The zero-order chi connectivity index (χ0) is 12.5. The highest BCUT2D eigenvalue weighted by molar-refractivity contribution is 7.98. The van der Waals surface area contributed by atoms with Gasteiger partial charge in [-0.3, -0.25) is 0 Å². The number of hydrogen-bond acceptors (Lipinski definition) is 3. The standard InChI is InChI=1S/C13H16O3S/c1-16-8-9-17-10-12-4-2-11(3-5-12)6-7-13(14)15/h2-7H,8-10H2,1H3,(H,14,15)/b7-6+. The Hall–Kier alpha value is -1.26. The third kappa shape index (κ3) is 6.14. The summed E-state index contributed by atoms with van der Waals surface area (Å²) in [6.07, 6.45) is 2.73. The van der Waals surface area contributed by atoms with Crippen LogP contribution in [-0.4, -0.2) is 30.5 Å². The molecule has 1 N–H and O–H groups in total. The maximum absolute atomic E-state index is 10.3. The summed E-state index contributed by atoms with van der Waals surface area (Å²) in [5, 5.41) is 8.49. The van der Waals surface area contributed by atoms with Crippen LogP contribution in [-0.2, 0) is 15.3 Å². The fourth-order valence-electron chi connectivity index (χ4n) is 1.22. The predicted molar refractivity (Wildman–Crippen MR) is 71.1 cm³/mol. The molecular formula is C13H16O3S. The molecule has 0 aliphatic heterocycles. The van der Waals surface area contributed by atoms with Gasteiger partial charge in [0, 0.05) is 24.7 Å². The van der Waals surface area contributed by atoms with Crippen molar-refractivity contribution in [2.45, 2.75) is 5.75 Å². The van der Waals surface area contributed by atoms with Gasteiger partial charge in [-0.1, -0.05) is 24.3 Å². The van der Waals surface area contributed by atoms with E-state index in [4.69, 9.17) is 9.84 Å². The van der Waals surface area contributed by atoms with E-state index in [2.05, 4.69) is 0 Å². The monoisotopic (exact) mass is 252 g/mol. The van der Waals surface area contributed by atoms with Crippen LogP contribution in [0.3, 0.4) is 0 Å². The molecular weight excluding hydrogens is 236 g/mol. The summed E-state index contributed by atoms with van der Waals surface area (Å²) in [7, 11) is 1.70. The van der Waals surface area contributed by atoms with Crippen LogP contribution in [0.5, 0.6) is 0 Å². The second kappa shape index (κ2) is 7.92. The van der Waals surface area contributed by atoms with Gasteiger partial charge in [0.05, 0.1) is 6.61 Å². The molecule has 0 bridgehead atoms. The molecule has 0 aliphatic carbocycles. The molecule has 1 aromatic carbocycles. The molecule has 0 aliphatic rings. The molecule has 92 valence electrons. The van der Waals surface area contributed by atoms with Gasteiger partial charge in [0.1, 0.15) is 0 Å². The average Bonchev–Trinajstić information content (AvgIpc) is 2.33. The average molecular weight is 252 g/mol. The SMILES string of the molecule is COCCSCc1ccc(/C=C/C(=O)O)cc1. The summed E-state index contributed by atoms with van der Waals surface area (Å²) < 4.78 is 4.97. The molecule has 1 aromatic rings. The van der Waals surface area contributed by atoms with Crippen molar-refractivity contribution < 1.29 is 14.6 Å². The molecule has 0 radical (unpaired) electrons. The van der Waals surface area contributed by atoms with Crippen LogP contribution in [0.4, 0.5) is 0 Å². The number of carboxylic acids is 1. The Bertz CT molecular complexity index is 371. The lowest BCUT2D eigenvalue weighted by atomic mass is 10.1. The van der Waals surface area contributed by atoms with Crippen LogP contribution in [0.15, 0.2) is 30.3 Å². The second-order valence-corrected chi connectivity index (χ2v) is 4.56. The molecule has 3 nitrogen and oxygen atoms in total. The van der Waals surface area contributed by atoms with E-state index in [9.17, 15) is 4.79 Å². The van der Waals surface area contributed by atoms with E-state index in [1.807, 2.05) is 36.0 Å². The summed E-state index contributed by atoms with van der Waals surface area (Å²) in [6.45, 7) is 0.768. The van der Waals surface area contributed by atoms with Crippen molar-refractivity contribution in [2.24, 2.45) is 0 Å². The normalized spacial score (nSPS) is 10.9. The van der Waals surface area contributed by atoms with E-state index in [0.717, 1.165) is 29.8 Å². The molecule has 0 saturated carbocycles. The zero-order valence-corrected chi connectivity index (χ0v) is 10.6. The minimum Gasteiger partial charge on any atom is -0.478 e. The first-order chi connectivity index (χ1) is 8.22. The number of aliphatic carboxylic acids is 1. The van der Waals surface area contributed by atoms with Gasteiger partial charge in [0.25, 0.3) is 0 Å². The van der Waals surface area contributed by atoms with E-state index >= 15 is 0 Å². The summed E-state index contributed by atoms with van der Waals surface area (Å²) in [4.78, 5) is 10.3. The van der Waals surface area contributed by atoms with Crippen molar-refractivity contribution in [1.82, 2.24) is 0 Å². The minimum absolute atomic E-state index is 0.768. The first-order valence-electron chi connectivity index (χ1n) is 5.29. The van der Waals surface area contributed by atoms with Crippen molar-refractivity contribution in [3.8, 4) is 0 Å². The molecule has 0 fully saturated rings. The Morgan fingerprint density at radius 1 is 1.41 bits per heavy atom. The molecule has 17 heavy (non-hydrogen) atoms. The topological polar surface area (TPSA) is 46.5 Å². The smallest absolute Gasteiger partial charge is 0.328 e. The maximum Gasteiger partial charge on any atom is 0.328 e.